The van der Waals surface area contributed by atoms with Crippen molar-refractivity contribution in [2.24, 2.45) is 5.92 Å². The average Bonchev–Trinajstić information content (AvgIpc) is 2.92. The fourth-order valence-electron chi connectivity index (χ4n) is 1.95. The molecule has 1 aromatic carbocycles. The number of rotatable bonds is 4. The topological polar surface area (TPSA) is 73.9 Å². The SMILES string of the molecule is COC(=O)C(NC(=O)c1cc(Cl)c2c(c1)OCO2)C(C)C. The lowest BCUT2D eigenvalue weighted by Gasteiger charge is -2.19. The molecule has 6 nitrogen and oxygen atoms in total. The number of methoxy groups -OCH3 is 1. The number of nitrogens with one attached hydrogen (secondary N) is 1. The minimum Gasteiger partial charge on any atom is -0.467 e. The fraction of sp³-hybridized carbons (Fsp3) is 0.429. The molecule has 1 aliphatic rings. The summed E-state index contributed by atoms with van der Waals surface area (Å²) in [7, 11) is 1.28. The van der Waals surface area contributed by atoms with Gasteiger partial charge in [-0.2, -0.15) is 0 Å². The Morgan fingerprint density at radius 2 is 2.05 bits per heavy atom. The van der Waals surface area contributed by atoms with Crippen LogP contribution in [0.1, 0.15) is 24.2 Å². The summed E-state index contributed by atoms with van der Waals surface area (Å²) in [5.41, 5.74) is 0.291. The molecular formula is C14H16ClNO5. The summed E-state index contributed by atoms with van der Waals surface area (Å²) in [6.45, 7) is 3.69. The molecule has 1 N–H and O–H groups in total. The number of halogens is 1. The Morgan fingerprint density at radius 3 is 2.67 bits per heavy atom. The summed E-state index contributed by atoms with van der Waals surface area (Å²) in [6, 6.07) is 2.27. The van der Waals surface area contributed by atoms with E-state index in [2.05, 4.69) is 10.1 Å². The highest BCUT2D eigenvalue weighted by Crippen LogP contribution is 2.39. The summed E-state index contributed by atoms with van der Waals surface area (Å²) in [4.78, 5) is 23.9. The second-order valence-corrected chi connectivity index (χ2v) is 5.32. The van der Waals surface area contributed by atoms with E-state index in [0.717, 1.165) is 0 Å². The van der Waals surface area contributed by atoms with Gasteiger partial charge < -0.3 is 19.5 Å². The highest BCUT2D eigenvalue weighted by atomic mass is 35.5. The van der Waals surface area contributed by atoms with Crippen molar-refractivity contribution in [2.45, 2.75) is 19.9 Å². The molecule has 1 unspecified atom stereocenters. The van der Waals surface area contributed by atoms with Crippen LogP contribution in [0.4, 0.5) is 0 Å². The van der Waals surface area contributed by atoms with Crippen molar-refractivity contribution in [3.8, 4) is 11.5 Å². The van der Waals surface area contributed by atoms with Gasteiger partial charge in [0.2, 0.25) is 6.79 Å². The van der Waals surface area contributed by atoms with E-state index in [1.54, 1.807) is 0 Å². The van der Waals surface area contributed by atoms with E-state index in [9.17, 15) is 9.59 Å². The average molecular weight is 314 g/mol. The van der Waals surface area contributed by atoms with Crippen LogP contribution >= 0.6 is 11.6 Å². The number of amides is 1. The van der Waals surface area contributed by atoms with Crippen LogP contribution in [-0.4, -0.2) is 31.8 Å². The van der Waals surface area contributed by atoms with Crippen LogP contribution in [0.25, 0.3) is 0 Å². The second-order valence-electron chi connectivity index (χ2n) is 4.91. The lowest BCUT2D eigenvalue weighted by atomic mass is 10.0. The first-order valence-electron chi connectivity index (χ1n) is 6.42. The highest BCUT2D eigenvalue weighted by molar-refractivity contribution is 6.32. The Bertz CT molecular complexity index is 573. The van der Waals surface area contributed by atoms with Gasteiger partial charge in [0.05, 0.1) is 12.1 Å². The summed E-state index contributed by atoms with van der Waals surface area (Å²) < 4.78 is 15.1. The van der Waals surface area contributed by atoms with Crippen molar-refractivity contribution in [3.63, 3.8) is 0 Å². The van der Waals surface area contributed by atoms with Gasteiger partial charge in [-0.25, -0.2) is 4.79 Å². The van der Waals surface area contributed by atoms with Gasteiger partial charge in [-0.3, -0.25) is 4.79 Å². The maximum Gasteiger partial charge on any atom is 0.328 e. The third-order valence-electron chi connectivity index (χ3n) is 3.10. The van der Waals surface area contributed by atoms with E-state index in [4.69, 9.17) is 21.1 Å². The van der Waals surface area contributed by atoms with Crippen LogP contribution in [0.3, 0.4) is 0 Å². The van der Waals surface area contributed by atoms with Crippen LogP contribution in [0.15, 0.2) is 12.1 Å². The minimum atomic E-state index is -0.730. The molecule has 2 rings (SSSR count). The Balaban J connectivity index is 2.20. The summed E-state index contributed by atoms with van der Waals surface area (Å²) in [5, 5.41) is 2.92. The molecule has 0 bridgehead atoms. The Kier molecular flexibility index (Phi) is 4.57. The van der Waals surface area contributed by atoms with Gasteiger partial charge in [0.25, 0.3) is 5.91 Å². The largest absolute Gasteiger partial charge is 0.467 e. The van der Waals surface area contributed by atoms with Crippen molar-refractivity contribution in [1.29, 1.82) is 0 Å². The smallest absolute Gasteiger partial charge is 0.328 e. The second kappa shape index (κ2) is 6.22. The molecule has 1 heterocycles. The number of esters is 1. The molecule has 21 heavy (non-hydrogen) atoms. The van der Waals surface area contributed by atoms with Gasteiger partial charge in [0.15, 0.2) is 11.5 Å². The van der Waals surface area contributed by atoms with E-state index < -0.39 is 17.9 Å². The van der Waals surface area contributed by atoms with Gasteiger partial charge in [-0.1, -0.05) is 25.4 Å². The third-order valence-corrected chi connectivity index (χ3v) is 3.38. The zero-order chi connectivity index (χ0) is 15.6. The minimum absolute atomic E-state index is 0.0664. The lowest BCUT2D eigenvalue weighted by Crippen LogP contribution is -2.45. The van der Waals surface area contributed by atoms with E-state index in [0.29, 0.717) is 17.1 Å². The lowest BCUT2D eigenvalue weighted by molar-refractivity contribution is -0.144. The Hall–Kier alpha value is -1.95. The zero-order valence-electron chi connectivity index (χ0n) is 11.9. The quantitative estimate of drug-likeness (QED) is 0.861. The maximum atomic E-state index is 12.3. The van der Waals surface area contributed by atoms with Crippen LogP contribution in [0, 0.1) is 5.92 Å². The van der Waals surface area contributed by atoms with Crippen LogP contribution < -0.4 is 14.8 Å². The number of ether oxygens (including phenoxy) is 3. The standard InChI is InChI=1S/C14H16ClNO5/c1-7(2)11(14(18)19-3)16-13(17)8-4-9(15)12-10(5-8)20-6-21-12/h4-5,7,11H,6H2,1-3H3,(H,16,17). The molecule has 114 valence electrons. The van der Waals surface area contributed by atoms with Crippen LogP contribution in [-0.2, 0) is 9.53 Å². The number of carbonyl (C=O) groups excluding carboxylic acids is 2. The van der Waals surface area contributed by atoms with E-state index in [1.807, 2.05) is 13.8 Å². The van der Waals surface area contributed by atoms with Crippen molar-refractivity contribution >= 4 is 23.5 Å². The predicted octanol–water partition coefficient (Wildman–Crippen LogP) is 2.00. The zero-order valence-corrected chi connectivity index (χ0v) is 12.7. The molecule has 1 atom stereocenters. The Labute approximate surface area is 127 Å². The number of carbonyl (C=O) groups is 2. The molecule has 0 aliphatic carbocycles. The molecule has 0 saturated heterocycles. The van der Waals surface area contributed by atoms with Crippen molar-refractivity contribution in [1.82, 2.24) is 5.32 Å². The van der Waals surface area contributed by atoms with E-state index >= 15 is 0 Å². The molecular weight excluding hydrogens is 298 g/mol. The fourth-order valence-corrected chi connectivity index (χ4v) is 2.21. The number of hydrogen-bond acceptors (Lipinski definition) is 5. The number of fused-ring (bicyclic) bond motifs is 1. The van der Waals surface area contributed by atoms with Gasteiger partial charge in [-0.05, 0) is 18.1 Å². The van der Waals surface area contributed by atoms with Gasteiger partial charge >= 0.3 is 5.97 Å². The first-order chi connectivity index (χ1) is 9.93. The molecule has 0 fully saturated rings. The van der Waals surface area contributed by atoms with E-state index in [1.165, 1.54) is 19.2 Å². The Morgan fingerprint density at radius 1 is 1.33 bits per heavy atom. The molecule has 1 aliphatic heterocycles. The first kappa shape index (κ1) is 15.4. The molecule has 0 saturated carbocycles. The van der Waals surface area contributed by atoms with Gasteiger partial charge in [-0.15, -0.1) is 0 Å². The van der Waals surface area contributed by atoms with Crippen molar-refractivity contribution in [3.05, 3.63) is 22.7 Å². The summed E-state index contributed by atoms with van der Waals surface area (Å²) in [5.74, 6) is -0.205. The maximum absolute atomic E-state index is 12.3. The van der Waals surface area contributed by atoms with Gasteiger partial charge in [0, 0.05) is 5.56 Å². The number of hydrogen-bond donors (Lipinski definition) is 1. The van der Waals surface area contributed by atoms with Crippen molar-refractivity contribution < 1.29 is 23.8 Å². The molecule has 1 amide bonds. The highest BCUT2D eigenvalue weighted by Gasteiger charge is 2.27. The first-order valence-corrected chi connectivity index (χ1v) is 6.79. The van der Waals surface area contributed by atoms with E-state index in [-0.39, 0.29) is 17.7 Å². The van der Waals surface area contributed by atoms with Crippen LogP contribution in [0.5, 0.6) is 11.5 Å². The molecule has 0 spiro atoms. The predicted molar refractivity (Wildman–Crippen MR) is 75.7 cm³/mol. The van der Waals surface area contributed by atoms with Crippen molar-refractivity contribution in [2.75, 3.05) is 13.9 Å². The molecule has 7 heteroatoms. The molecule has 0 aromatic heterocycles. The van der Waals surface area contributed by atoms with Gasteiger partial charge in [0.1, 0.15) is 6.04 Å². The summed E-state index contributed by atoms with van der Waals surface area (Å²) >= 11 is 6.03. The molecule has 0 radical (unpaired) electrons. The normalized spacial score (nSPS) is 14.0. The summed E-state index contributed by atoms with van der Waals surface area (Å²) in [6.07, 6.45) is 0. The van der Waals surface area contributed by atoms with Crippen LogP contribution in [0.2, 0.25) is 5.02 Å². The third kappa shape index (κ3) is 3.21. The molecule has 1 aromatic rings. The number of benzene rings is 1. The monoisotopic (exact) mass is 313 g/mol.